The van der Waals surface area contributed by atoms with Gasteiger partial charge in [-0.15, -0.1) is 11.3 Å². The Morgan fingerprint density at radius 2 is 1.57 bits per heavy atom. The summed E-state index contributed by atoms with van der Waals surface area (Å²) in [5, 5.41) is 2.96. The molecular weight excluding hydrogens is 402 g/mol. The summed E-state index contributed by atoms with van der Waals surface area (Å²) in [6.45, 7) is 2.65. The lowest BCUT2D eigenvalue weighted by molar-refractivity contribution is 0.0951. The minimum Gasteiger partial charge on any atom is -0.496 e. The van der Waals surface area contributed by atoms with E-state index in [1.165, 1.54) is 11.3 Å². The zero-order chi connectivity index (χ0) is 21.5. The van der Waals surface area contributed by atoms with Gasteiger partial charge in [0.05, 0.1) is 27.9 Å². The average Bonchev–Trinajstić information content (AvgIpc) is 3.21. The Hall–Kier alpha value is -3.19. The molecule has 3 rings (SSSR count). The quantitative estimate of drug-likeness (QED) is 0.533. The van der Waals surface area contributed by atoms with E-state index in [1.807, 2.05) is 43.3 Å². The number of amides is 1. The standard InChI is InChI=1S/C23H25NO5S/c1-5-29-20-13-21(15-9-7-6-8-10-15)30-22(20)23(25)24-14-16-11-18(27-3)19(28-4)12-17(16)26-2/h6-13H,5,14H2,1-4H3,(H,24,25). The van der Waals surface area contributed by atoms with E-state index < -0.39 is 0 Å². The van der Waals surface area contributed by atoms with Gasteiger partial charge in [-0.1, -0.05) is 30.3 Å². The summed E-state index contributed by atoms with van der Waals surface area (Å²) in [6.07, 6.45) is 0. The first kappa shape index (κ1) is 21.5. The zero-order valence-corrected chi connectivity index (χ0v) is 18.3. The van der Waals surface area contributed by atoms with Crippen molar-refractivity contribution in [2.45, 2.75) is 13.5 Å². The van der Waals surface area contributed by atoms with E-state index in [9.17, 15) is 4.79 Å². The van der Waals surface area contributed by atoms with E-state index in [0.29, 0.717) is 34.5 Å². The van der Waals surface area contributed by atoms with Crippen LogP contribution in [0.25, 0.3) is 10.4 Å². The highest BCUT2D eigenvalue weighted by atomic mass is 32.1. The number of rotatable bonds is 9. The highest BCUT2D eigenvalue weighted by Gasteiger charge is 2.19. The molecule has 0 aliphatic rings. The van der Waals surface area contributed by atoms with Crippen LogP contribution >= 0.6 is 11.3 Å². The lowest BCUT2D eigenvalue weighted by Crippen LogP contribution is -2.22. The van der Waals surface area contributed by atoms with E-state index in [2.05, 4.69) is 5.32 Å². The smallest absolute Gasteiger partial charge is 0.265 e. The number of methoxy groups -OCH3 is 3. The first-order chi connectivity index (χ1) is 14.6. The van der Waals surface area contributed by atoms with Crippen LogP contribution in [0.5, 0.6) is 23.0 Å². The third kappa shape index (κ3) is 4.68. The first-order valence-electron chi connectivity index (χ1n) is 9.50. The van der Waals surface area contributed by atoms with Crippen molar-refractivity contribution in [1.82, 2.24) is 5.32 Å². The van der Waals surface area contributed by atoms with Gasteiger partial charge >= 0.3 is 0 Å². The molecule has 1 N–H and O–H groups in total. The molecule has 0 aliphatic heterocycles. The van der Waals surface area contributed by atoms with Crippen LogP contribution in [0.4, 0.5) is 0 Å². The van der Waals surface area contributed by atoms with Gasteiger partial charge in [0.25, 0.3) is 5.91 Å². The fourth-order valence-corrected chi connectivity index (χ4v) is 4.05. The van der Waals surface area contributed by atoms with Gasteiger partial charge in [0.2, 0.25) is 0 Å². The van der Waals surface area contributed by atoms with Crippen molar-refractivity contribution < 1.29 is 23.7 Å². The van der Waals surface area contributed by atoms with Gasteiger partial charge in [-0.05, 0) is 24.6 Å². The van der Waals surface area contributed by atoms with Gasteiger partial charge < -0.3 is 24.3 Å². The van der Waals surface area contributed by atoms with Gasteiger partial charge in [0.15, 0.2) is 11.5 Å². The van der Waals surface area contributed by atoms with Crippen LogP contribution in [-0.2, 0) is 6.54 Å². The normalized spacial score (nSPS) is 10.4. The Morgan fingerprint density at radius 1 is 0.900 bits per heavy atom. The molecule has 2 aromatic carbocycles. The van der Waals surface area contributed by atoms with Crippen LogP contribution < -0.4 is 24.3 Å². The largest absolute Gasteiger partial charge is 0.496 e. The Morgan fingerprint density at radius 3 is 2.20 bits per heavy atom. The van der Waals surface area contributed by atoms with Gasteiger partial charge in [0.1, 0.15) is 16.4 Å². The van der Waals surface area contributed by atoms with Gasteiger partial charge in [0, 0.05) is 23.1 Å². The molecule has 6 nitrogen and oxygen atoms in total. The predicted octanol–water partition coefficient (Wildman–Crippen LogP) is 4.77. The van der Waals surface area contributed by atoms with Crippen molar-refractivity contribution in [2.24, 2.45) is 0 Å². The van der Waals surface area contributed by atoms with Crippen LogP contribution in [0.15, 0.2) is 48.5 Å². The number of benzene rings is 2. The van der Waals surface area contributed by atoms with Gasteiger partial charge in [-0.25, -0.2) is 0 Å². The lowest BCUT2D eigenvalue weighted by Gasteiger charge is -2.14. The molecule has 0 unspecified atom stereocenters. The van der Waals surface area contributed by atoms with E-state index in [4.69, 9.17) is 18.9 Å². The Labute approximate surface area is 180 Å². The Kier molecular flexibility index (Phi) is 7.19. The molecule has 0 atom stereocenters. The second-order valence-electron chi connectivity index (χ2n) is 6.30. The van der Waals surface area contributed by atoms with Crippen molar-refractivity contribution in [3.63, 3.8) is 0 Å². The fraction of sp³-hybridized carbons (Fsp3) is 0.261. The van der Waals surface area contributed by atoms with Crippen molar-refractivity contribution >= 4 is 17.2 Å². The maximum atomic E-state index is 13.0. The summed E-state index contributed by atoms with van der Waals surface area (Å²) in [5.74, 6) is 2.11. The minimum absolute atomic E-state index is 0.206. The Bertz CT molecular complexity index is 1000. The molecule has 0 radical (unpaired) electrons. The third-order valence-electron chi connectivity index (χ3n) is 4.49. The molecule has 0 aliphatic carbocycles. The second kappa shape index (κ2) is 10.0. The SMILES string of the molecule is CCOc1cc(-c2ccccc2)sc1C(=O)NCc1cc(OC)c(OC)cc1OC. The van der Waals surface area contributed by atoms with E-state index in [1.54, 1.807) is 33.5 Å². The fourth-order valence-electron chi connectivity index (χ4n) is 3.03. The molecule has 1 aromatic heterocycles. The highest BCUT2D eigenvalue weighted by molar-refractivity contribution is 7.17. The van der Waals surface area contributed by atoms with Crippen LogP contribution in [0.1, 0.15) is 22.2 Å². The third-order valence-corrected chi connectivity index (χ3v) is 5.65. The lowest BCUT2D eigenvalue weighted by atomic mass is 10.1. The van der Waals surface area contributed by atoms with Crippen LogP contribution in [0, 0.1) is 0 Å². The Balaban J connectivity index is 1.83. The van der Waals surface area contributed by atoms with Gasteiger partial charge in [-0.2, -0.15) is 0 Å². The minimum atomic E-state index is -0.206. The molecule has 0 saturated heterocycles. The molecule has 0 spiro atoms. The van der Waals surface area contributed by atoms with Crippen LogP contribution in [0.2, 0.25) is 0 Å². The van der Waals surface area contributed by atoms with Crippen LogP contribution in [0.3, 0.4) is 0 Å². The highest BCUT2D eigenvalue weighted by Crippen LogP contribution is 2.37. The molecule has 158 valence electrons. The number of hydrogen-bond donors (Lipinski definition) is 1. The molecular formula is C23H25NO5S. The van der Waals surface area contributed by atoms with Crippen molar-refractivity contribution in [3.8, 4) is 33.4 Å². The number of carbonyl (C=O) groups is 1. The van der Waals surface area contributed by atoms with Crippen molar-refractivity contribution in [2.75, 3.05) is 27.9 Å². The molecule has 30 heavy (non-hydrogen) atoms. The predicted molar refractivity (Wildman–Crippen MR) is 118 cm³/mol. The zero-order valence-electron chi connectivity index (χ0n) is 17.5. The van der Waals surface area contributed by atoms with E-state index in [-0.39, 0.29) is 12.5 Å². The molecule has 1 heterocycles. The summed E-state index contributed by atoms with van der Waals surface area (Å²) < 4.78 is 21.8. The summed E-state index contributed by atoms with van der Waals surface area (Å²) in [4.78, 5) is 14.5. The maximum absolute atomic E-state index is 13.0. The second-order valence-corrected chi connectivity index (χ2v) is 7.36. The molecule has 0 saturated carbocycles. The number of nitrogens with one attached hydrogen (secondary N) is 1. The monoisotopic (exact) mass is 427 g/mol. The molecule has 0 bridgehead atoms. The number of thiophene rings is 1. The number of carbonyl (C=O) groups excluding carboxylic acids is 1. The van der Waals surface area contributed by atoms with Crippen LogP contribution in [-0.4, -0.2) is 33.8 Å². The molecule has 1 amide bonds. The summed E-state index contributed by atoms with van der Waals surface area (Å²) in [5.41, 5.74) is 1.82. The summed E-state index contributed by atoms with van der Waals surface area (Å²) in [6, 6.07) is 15.4. The number of hydrogen-bond acceptors (Lipinski definition) is 6. The maximum Gasteiger partial charge on any atom is 0.265 e. The van der Waals surface area contributed by atoms with Crippen molar-refractivity contribution in [3.05, 3.63) is 59.0 Å². The van der Waals surface area contributed by atoms with E-state index >= 15 is 0 Å². The first-order valence-corrected chi connectivity index (χ1v) is 10.3. The van der Waals surface area contributed by atoms with Gasteiger partial charge in [-0.3, -0.25) is 4.79 Å². The van der Waals surface area contributed by atoms with Crippen molar-refractivity contribution in [1.29, 1.82) is 0 Å². The molecule has 3 aromatic rings. The topological polar surface area (TPSA) is 66.0 Å². The summed E-state index contributed by atoms with van der Waals surface area (Å²) >= 11 is 1.41. The molecule has 0 fully saturated rings. The number of ether oxygens (including phenoxy) is 4. The van der Waals surface area contributed by atoms with E-state index in [0.717, 1.165) is 16.0 Å². The average molecular weight is 428 g/mol. The summed E-state index contributed by atoms with van der Waals surface area (Å²) in [7, 11) is 4.71. The molecule has 7 heteroatoms.